The van der Waals surface area contributed by atoms with Gasteiger partial charge >= 0.3 is 0 Å². The van der Waals surface area contributed by atoms with Gasteiger partial charge in [-0.25, -0.2) is 17.8 Å². The van der Waals surface area contributed by atoms with E-state index in [4.69, 9.17) is 0 Å². The molecule has 2 aromatic rings. The van der Waals surface area contributed by atoms with Crippen molar-refractivity contribution in [3.63, 3.8) is 0 Å². The van der Waals surface area contributed by atoms with E-state index < -0.39 is 21.2 Å². The van der Waals surface area contributed by atoms with Crippen LogP contribution in [0.3, 0.4) is 0 Å². The van der Waals surface area contributed by atoms with Crippen LogP contribution < -0.4 is 10.9 Å². The van der Waals surface area contributed by atoms with Crippen LogP contribution in [0.1, 0.15) is 44.3 Å². The third kappa shape index (κ3) is 4.82. The van der Waals surface area contributed by atoms with Crippen molar-refractivity contribution in [2.24, 2.45) is 0 Å². The number of benzene rings is 1. The molecule has 1 saturated carbocycles. The highest BCUT2D eigenvalue weighted by molar-refractivity contribution is 7.99. The van der Waals surface area contributed by atoms with E-state index in [1.165, 1.54) is 18.9 Å². The molecule has 0 atom stereocenters. The lowest BCUT2D eigenvalue weighted by atomic mass is 10.1. The number of nitrogens with zero attached hydrogens (tertiary/aromatic N) is 2. The van der Waals surface area contributed by atoms with Crippen LogP contribution in [0.5, 0.6) is 0 Å². The molecule has 10 heteroatoms. The van der Waals surface area contributed by atoms with Gasteiger partial charge in [-0.05, 0) is 50.9 Å². The van der Waals surface area contributed by atoms with Crippen molar-refractivity contribution in [2.45, 2.75) is 61.6 Å². The van der Waals surface area contributed by atoms with Crippen molar-refractivity contribution in [3.05, 3.63) is 34.1 Å². The van der Waals surface area contributed by atoms with Crippen LogP contribution in [0.15, 0.2) is 16.9 Å². The van der Waals surface area contributed by atoms with Crippen LogP contribution in [-0.4, -0.2) is 65.2 Å². The van der Waals surface area contributed by atoms with Gasteiger partial charge in [0.2, 0.25) is 0 Å². The van der Waals surface area contributed by atoms with Gasteiger partial charge in [0.1, 0.15) is 17.0 Å². The summed E-state index contributed by atoms with van der Waals surface area (Å²) in [4.78, 5) is 22.1. The number of aromatic amines is 1. The summed E-state index contributed by atoms with van der Waals surface area (Å²) in [5.74, 6) is 1.18. The van der Waals surface area contributed by atoms with Gasteiger partial charge in [-0.3, -0.25) is 9.69 Å². The summed E-state index contributed by atoms with van der Waals surface area (Å²) in [6.45, 7) is 1.81. The molecule has 0 radical (unpaired) electrons. The van der Waals surface area contributed by atoms with E-state index in [2.05, 4.69) is 20.2 Å². The largest absolute Gasteiger partial charge is 0.382 e. The van der Waals surface area contributed by atoms with E-state index in [1.807, 2.05) is 0 Å². The third-order valence-corrected chi connectivity index (χ3v) is 10.0. The predicted octanol–water partition coefficient (Wildman–Crippen LogP) is 2.91. The van der Waals surface area contributed by atoms with E-state index in [0.29, 0.717) is 45.6 Å². The lowest BCUT2D eigenvalue weighted by Gasteiger charge is -2.41. The van der Waals surface area contributed by atoms with Gasteiger partial charge in [0, 0.05) is 23.0 Å². The lowest BCUT2D eigenvalue weighted by Crippen LogP contribution is -2.55. The maximum Gasteiger partial charge on any atom is 0.261 e. The number of halogens is 1. The average molecular weight is 481 g/mol. The number of hydrogen-bond donors (Lipinski definition) is 2. The Morgan fingerprint density at radius 3 is 2.56 bits per heavy atom. The molecule has 2 saturated heterocycles. The Kier molecular flexibility index (Phi) is 6.19. The highest BCUT2D eigenvalue weighted by Crippen LogP contribution is 2.30. The first kappa shape index (κ1) is 22.2. The number of piperidine rings is 1. The SMILES string of the molecule is O=c1[nH]c(CSC2CCN(C3CS(=O)(=O)C3)CC2)nc2cc(NC3CCCC3)cc(F)c12. The predicted molar refractivity (Wildman–Crippen MR) is 127 cm³/mol. The second kappa shape index (κ2) is 8.95. The van der Waals surface area contributed by atoms with Gasteiger partial charge < -0.3 is 10.3 Å². The molecule has 1 aliphatic carbocycles. The number of thioether (sulfide) groups is 1. The standard InChI is InChI=1S/C22H29FN4O3S2/c23-18-9-15(24-14-3-1-2-4-14)10-19-21(18)22(28)26-20(25-19)11-31-17-5-7-27(8-6-17)16-12-32(29,30)13-16/h9-10,14,16-17,24H,1-8,11-13H2,(H,25,26,28). The molecule has 0 amide bonds. The molecule has 2 N–H and O–H groups in total. The Hall–Kier alpha value is -1.65. The molecule has 1 aromatic heterocycles. The fourth-order valence-corrected chi connectivity index (χ4v) is 7.65. The van der Waals surface area contributed by atoms with Gasteiger partial charge in [0.15, 0.2) is 9.84 Å². The second-order valence-electron chi connectivity index (χ2n) is 9.27. The quantitative estimate of drug-likeness (QED) is 0.656. The van der Waals surface area contributed by atoms with E-state index in [-0.39, 0.29) is 11.4 Å². The molecular formula is C22H29FN4O3S2. The Balaban J connectivity index is 1.22. The Morgan fingerprint density at radius 1 is 1.16 bits per heavy atom. The number of rotatable bonds is 6. The van der Waals surface area contributed by atoms with Gasteiger partial charge in [-0.2, -0.15) is 11.8 Å². The molecule has 32 heavy (non-hydrogen) atoms. The summed E-state index contributed by atoms with van der Waals surface area (Å²) in [6.07, 6.45) is 6.52. The summed E-state index contributed by atoms with van der Waals surface area (Å²) < 4.78 is 37.5. The van der Waals surface area contributed by atoms with E-state index in [0.717, 1.165) is 38.8 Å². The van der Waals surface area contributed by atoms with Crippen molar-refractivity contribution in [1.29, 1.82) is 0 Å². The molecule has 2 aliphatic heterocycles. The minimum Gasteiger partial charge on any atom is -0.382 e. The van der Waals surface area contributed by atoms with Crippen LogP contribution in [0.4, 0.5) is 10.1 Å². The van der Waals surface area contributed by atoms with E-state index in [9.17, 15) is 17.6 Å². The van der Waals surface area contributed by atoms with Crippen molar-refractivity contribution in [1.82, 2.24) is 14.9 Å². The van der Waals surface area contributed by atoms with Gasteiger partial charge in [-0.15, -0.1) is 0 Å². The maximum atomic E-state index is 14.6. The van der Waals surface area contributed by atoms with Gasteiger partial charge in [0.25, 0.3) is 5.56 Å². The average Bonchev–Trinajstić information content (AvgIpc) is 3.23. The van der Waals surface area contributed by atoms with E-state index >= 15 is 0 Å². The number of anilines is 1. The Morgan fingerprint density at radius 2 is 1.88 bits per heavy atom. The van der Waals surface area contributed by atoms with Crippen LogP contribution in [0.25, 0.3) is 10.9 Å². The Labute approximate surface area is 191 Å². The molecule has 3 aliphatic rings. The monoisotopic (exact) mass is 480 g/mol. The molecule has 3 heterocycles. The molecule has 1 aromatic carbocycles. The first-order chi connectivity index (χ1) is 15.4. The molecule has 7 nitrogen and oxygen atoms in total. The number of hydrogen-bond acceptors (Lipinski definition) is 7. The molecule has 0 spiro atoms. The van der Waals surface area contributed by atoms with E-state index in [1.54, 1.807) is 17.8 Å². The van der Waals surface area contributed by atoms with Crippen molar-refractivity contribution >= 4 is 38.2 Å². The summed E-state index contributed by atoms with van der Waals surface area (Å²) in [5, 5.41) is 3.84. The molecule has 0 unspecified atom stereocenters. The van der Waals surface area contributed by atoms with Gasteiger partial charge in [0.05, 0.1) is 22.8 Å². The van der Waals surface area contributed by atoms with Crippen LogP contribution in [0.2, 0.25) is 0 Å². The fraction of sp³-hybridized carbons (Fsp3) is 0.636. The zero-order chi connectivity index (χ0) is 22.3. The smallest absolute Gasteiger partial charge is 0.261 e. The van der Waals surface area contributed by atoms with Crippen molar-refractivity contribution in [2.75, 3.05) is 29.9 Å². The first-order valence-corrected chi connectivity index (χ1v) is 14.3. The number of sulfone groups is 1. The number of aromatic nitrogens is 2. The molecule has 5 rings (SSSR count). The minimum atomic E-state index is -2.80. The van der Waals surface area contributed by atoms with Crippen LogP contribution in [-0.2, 0) is 15.6 Å². The third-order valence-electron chi connectivity index (χ3n) is 6.88. The highest BCUT2D eigenvalue weighted by Gasteiger charge is 2.38. The summed E-state index contributed by atoms with van der Waals surface area (Å²) in [5.41, 5.74) is 0.645. The minimum absolute atomic E-state index is 0.0134. The highest BCUT2D eigenvalue weighted by atomic mass is 32.2. The number of likely N-dealkylation sites (tertiary alicyclic amines) is 1. The van der Waals surface area contributed by atoms with Crippen LogP contribution in [0, 0.1) is 5.82 Å². The summed E-state index contributed by atoms with van der Waals surface area (Å²) in [7, 11) is -2.80. The van der Waals surface area contributed by atoms with Crippen molar-refractivity contribution in [3.8, 4) is 0 Å². The van der Waals surface area contributed by atoms with Gasteiger partial charge in [-0.1, -0.05) is 12.8 Å². The van der Waals surface area contributed by atoms with Crippen LogP contribution >= 0.6 is 11.8 Å². The molecule has 0 bridgehead atoms. The lowest BCUT2D eigenvalue weighted by molar-refractivity contribution is 0.181. The first-order valence-electron chi connectivity index (χ1n) is 11.4. The fourth-order valence-electron chi connectivity index (χ4n) is 5.08. The molecule has 3 fully saturated rings. The zero-order valence-corrected chi connectivity index (χ0v) is 19.6. The Bertz CT molecular complexity index is 1140. The van der Waals surface area contributed by atoms with Crippen molar-refractivity contribution < 1.29 is 12.8 Å². The molecular weight excluding hydrogens is 451 g/mol. The zero-order valence-electron chi connectivity index (χ0n) is 18.0. The second-order valence-corrected chi connectivity index (χ2v) is 12.7. The number of nitrogens with one attached hydrogen (secondary N) is 2. The number of H-pyrrole nitrogens is 1. The summed E-state index contributed by atoms with van der Waals surface area (Å²) in [6, 6.07) is 3.72. The normalized spacial score (nSPS) is 22.9. The maximum absolute atomic E-state index is 14.6. The summed E-state index contributed by atoms with van der Waals surface area (Å²) >= 11 is 1.75. The molecule has 174 valence electrons. The number of fused-ring (bicyclic) bond motifs is 1. The topological polar surface area (TPSA) is 95.2 Å².